The van der Waals surface area contributed by atoms with Gasteiger partial charge in [0.25, 0.3) is 0 Å². The van der Waals surface area contributed by atoms with Crippen LogP contribution in [0.4, 0.5) is 4.79 Å². The third-order valence-corrected chi connectivity index (χ3v) is 14.0. The maximum atomic E-state index is 12.8. The average molecular weight is 1020 g/mol. The molecule has 14 heteroatoms. The lowest BCUT2D eigenvalue weighted by molar-refractivity contribution is -0.0840. The molecule has 0 bridgehead atoms. The number of hydrogen-bond acceptors (Lipinski definition) is 11. The highest BCUT2D eigenvalue weighted by atomic mass is 31.2. The first-order chi connectivity index (χ1) is 33.8. The van der Waals surface area contributed by atoms with E-state index in [0.29, 0.717) is 46.0 Å². The molecule has 420 valence electrons. The summed E-state index contributed by atoms with van der Waals surface area (Å²) in [6, 6.07) is 0. The van der Waals surface area contributed by atoms with Gasteiger partial charge >= 0.3 is 13.9 Å². The smallest absolute Gasteiger partial charge is 0.447 e. The number of unbranched alkanes of at least 4 members (excludes halogenated alkanes) is 30. The summed E-state index contributed by atoms with van der Waals surface area (Å²) in [5.74, 6) is 0. The lowest BCUT2D eigenvalue weighted by Crippen LogP contribution is -2.37. The minimum Gasteiger partial charge on any atom is -0.447 e. The van der Waals surface area contributed by atoms with Crippen LogP contribution in [0.25, 0.3) is 0 Å². The van der Waals surface area contributed by atoms with Gasteiger partial charge in [-0.25, -0.2) is 9.36 Å². The number of phosphoric acid groups is 1. The molecule has 3 unspecified atom stereocenters. The Labute approximate surface area is 431 Å². The molecule has 0 aromatic heterocycles. The van der Waals surface area contributed by atoms with Gasteiger partial charge in [-0.05, 0) is 33.1 Å². The predicted octanol–water partition coefficient (Wildman–Crippen LogP) is 15.0. The van der Waals surface area contributed by atoms with Crippen LogP contribution in [-0.2, 0) is 42.0 Å². The van der Waals surface area contributed by atoms with Crippen molar-refractivity contribution in [2.24, 2.45) is 5.41 Å². The SMILES string of the molecule is CCCCCCCCCCCCCCCCCCOCC(COC(=O)NCCC(C)(C)OCC(C)(C)COCCOCC(CO)OP(=O)(O)OC)OCCCCCCCCCCCCCCCCCC. The molecule has 70 heavy (non-hydrogen) atoms. The zero-order valence-electron chi connectivity index (χ0n) is 46.7. The summed E-state index contributed by atoms with van der Waals surface area (Å²) in [5, 5.41) is 12.3. The molecule has 1 amide bonds. The van der Waals surface area contributed by atoms with E-state index < -0.39 is 32.2 Å². The average Bonchev–Trinajstić information content (AvgIpc) is 3.33. The van der Waals surface area contributed by atoms with Crippen molar-refractivity contribution in [1.29, 1.82) is 0 Å². The Balaban J connectivity index is 4.48. The molecule has 0 aromatic rings. The second-order valence-electron chi connectivity index (χ2n) is 21.4. The van der Waals surface area contributed by atoms with E-state index in [4.69, 9.17) is 32.9 Å². The van der Waals surface area contributed by atoms with E-state index in [1.165, 1.54) is 186 Å². The Morgan fingerprint density at radius 2 is 0.929 bits per heavy atom. The molecule has 0 aliphatic rings. The fourth-order valence-electron chi connectivity index (χ4n) is 8.23. The zero-order chi connectivity index (χ0) is 51.7. The summed E-state index contributed by atoms with van der Waals surface area (Å²) >= 11 is 0. The molecule has 13 nitrogen and oxygen atoms in total. The number of aliphatic hydroxyl groups excluding tert-OH is 1. The number of rotatable bonds is 56. The number of hydrogen-bond donors (Lipinski definition) is 3. The maximum absolute atomic E-state index is 12.8. The van der Waals surface area contributed by atoms with Crippen molar-refractivity contribution in [2.75, 3.05) is 79.7 Å². The van der Waals surface area contributed by atoms with Crippen LogP contribution in [0.1, 0.15) is 253 Å². The van der Waals surface area contributed by atoms with Crippen molar-refractivity contribution in [1.82, 2.24) is 5.32 Å². The van der Waals surface area contributed by atoms with Gasteiger partial charge in [0.05, 0.1) is 51.8 Å². The third kappa shape index (κ3) is 49.4. The highest BCUT2D eigenvalue weighted by Crippen LogP contribution is 2.43. The standard InChI is InChI=1S/C56H114NO12P/c1-8-10-12-14-16-18-20-22-24-26-28-30-32-34-36-38-42-63-48-53(66-43-39-37-35-33-31-29-27-25-23-21-19-17-15-13-11-9-2)49-67-54(59)57-41-40-56(5,6)68-51-55(3,4)50-65-45-44-64-47-52(46-58)69-70(60,61)62-7/h52-53,58H,8-51H2,1-7H3,(H,57,59)(H,60,61). The van der Waals surface area contributed by atoms with Crippen LogP contribution in [0.15, 0.2) is 0 Å². The molecule has 3 atom stereocenters. The molecule has 0 rings (SSSR count). The van der Waals surface area contributed by atoms with Crippen molar-refractivity contribution in [2.45, 2.75) is 271 Å². The van der Waals surface area contributed by atoms with Gasteiger partial charge in [0, 0.05) is 32.3 Å². The maximum Gasteiger partial charge on any atom is 0.472 e. The normalized spacial score (nSPS) is 14.0. The van der Waals surface area contributed by atoms with E-state index in [2.05, 4.69) is 23.7 Å². The molecular formula is C56H114NO12P. The number of carbonyl (C=O) groups excluding carboxylic acids is 1. The fourth-order valence-corrected chi connectivity index (χ4v) is 8.82. The van der Waals surface area contributed by atoms with Crippen LogP contribution in [0.3, 0.4) is 0 Å². The Bertz CT molecular complexity index is 1160. The number of nitrogens with one attached hydrogen (secondary N) is 1. The van der Waals surface area contributed by atoms with Gasteiger partial charge in [-0.2, -0.15) is 0 Å². The molecular weight excluding hydrogens is 910 g/mol. The van der Waals surface area contributed by atoms with Crippen LogP contribution >= 0.6 is 7.82 Å². The molecule has 0 spiro atoms. The molecule has 0 aromatic carbocycles. The highest BCUT2D eigenvalue weighted by Gasteiger charge is 2.27. The Hall–Kier alpha value is -0.860. The van der Waals surface area contributed by atoms with Gasteiger partial charge in [-0.1, -0.05) is 220 Å². The monoisotopic (exact) mass is 1020 g/mol. The summed E-state index contributed by atoms with van der Waals surface area (Å²) in [4.78, 5) is 22.2. The summed E-state index contributed by atoms with van der Waals surface area (Å²) in [7, 11) is -3.17. The quantitative estimate of drug-likeness (QED) is 0.0391. The van der Waals surface area contributed by atoms with Crippen LogP contribution in [-0.4, -0.2) is 114 Å². The molecule has 0 fully saturated rings. The highest BCUT2D eigenvalue weighted by molar-refractivity contribution is 7.47. The van der Waals surface area contributed by atoms with Crippen molar-refractivity contribution >= 4 is 13.9 Å². The van der Waals surface area contributed by atoms with Gasteiger partial charge in [-0.15, -0.1) is 0 Å². The van der Waals surface area contributed by atoms with Crippen molar-refractivity contribution in [3.8, 4) is 0 Å². The summed E-state index contributed by atoms with van der Waals surface area (Å²) in [6.45, 7) is 15.7. The Kier molecular flexibility index (Phi) is 48.4. The number of ether oxygens (including phenoxy) is 6. The first-order valence-corrected chi connectivity index (χ1v) is 30.4. The van der Waals surface area contributed by atoms with E-state index in [0.717, 1.165) is 26.4 Å². The van der Waals surface area contributed by atoms with E-state index in [1.807, 2.05) is 27.7 Å². The number of carbonyl (C=O) groups is 1. The van der Waals surface area contributed by atoms with E-state index in [-0.39, 0.29) is 37.9 Å². The van der Waals surface area contributed by atoms with Gasteiger partial charge < -0.3 is 43.7 Å². The third-order valence-electron chi connectivity index (χ3n) is 12.9. The molecule has 0 radical (unpaired) electrons. The van der Waals surface area contributed by atoms with Gasteiger partial charge in [0.1, 0.15) is 18.8 Å². The lowest BCUT2D eigenvalue weighted by Gasteiger charge is -2.32. The predicted molar refractivity (Wildman–Crippen MR) is 288 cm³/mol. The number of aliphatic hydroxyl groups is 1. The van der Waals surface area contributed by atoms with Crippen molar-refractivity contribution < 1.29 is 56.8 Å². The molecule has 0 heterocycles. The molecule has 0 saturated carbocycles. The van der Waals surface area contributed by atoms with E-state index in [1.54, 1.807) is 0 Å². The van der Waals surface area contributed by atoms with Crippen LogP contribution in [0.2, 0.25) is 0 Å². The first-order valence-electron chi connectivity index (χ1n) is 28.9. The van der Waals surface area contributed by atoms with E-state index in [9.17, 15) is 19.4 Å². The van der Waals surface area contributed by atoms with Gasteiger partial charge in [0.2, 0.25) is 0 Å². The molecule has 3 N–H and O–H groups in total. The van der Waals surface area contributed by atoms with E-state index >= 15 is 0 Å². The number of phosphoric ester groups is 1. The second kappa shape index (κ2) is 49.0. The first kappa shape index (κ1) is 69.1. The van der Waals surface area contributed by atoms with Crippen LogP contribution in [0, 0.1) is 5.41 Å². The topological polar surface area (TPSA) is 160 Å². The van der Waals surface area contributed by atoms with Crippen LogP contribution < -0.4 is 5.32 Å². The molecule has 0 aliphatic carbocycles. The van der Waals surface area contributed by atoms with Crippen molar-refractivity contribution in [3.63, 3.8) is 0 Å². The Morgan fingerprint density at radius 3 is 1.37 bits per heavy atom. The van der Waals surface area contributed by atoms with Crippen LogP contribution in [0.5, 0.6) is 0 Å². The van der Waals surface area contributed by atoms with Crippen molar-refractivity contribution in [3.05, 3.63) is 0 Å². The van der Waals surface area contributed by atoms with Gasteiger partial charge in [0.15, 0.2) is 0 Å². The lowest BCUT2D eigenvalue weighted by atomic mass is 9.95. The second-order valence-corrected chi connectivity index (χ2v) is 22.9. The minimum absolute atomic E-state index is 0.0853. The molecule has 0 aliphatic heterocycles. The minimum atomic E-state index is -4.22. The largest absolute Gasteiger partial charge is 0.472 e. The van der Waals surface area contributed by atoms with Gasteiger partial charge in [-0.3, -0.25) is 9.05 Å². The summed E-state index contributed by atoms with van der Waals surface area (Å²) in [6.07, 6.45) is 41.6. The fraction of sp³-hybridized carbons (Fsp3) is 0.982. The Morgan fingerprint density at radius 1 is 0.529 bits per heavy atom. The number of alkyl carbamates (subject to hydrolysis) is 1. The summed E-state index contributed by atoms with van der Waals surface area (Å²) in [5.41, 5.74) is -0.794. The zero-order valence-corrected chi connectivity index (χ0v) is 47.6. The number of amides is 1. The molecule has 0 saturated heterocycles. The summed E-state index contributed by atoms with van der Waals surface area (Å²) < 4.78 is 56.2.